The molecule has 0 fully saturated rings. The van der Waals surface area contributed by atoms with Crippen molar-refractivity contribution in [1.29, 1.82) is 0 Å². The van der Waals surface area contributed by atoms with E-state index in [1.165, 1.54) is 16.7 Å². The van der Waals surface area contributed by atoms with Crippen molar-refractivity contribution in [3.8, 4) is 0 Å². The van der Waals surface area contributed by atoms with Gasteiger partial charge in [-0.25, -0.2) is 4.98 Å². The standard InChI is InChI=1S/C20H27N3O/c1-13-8-14(2)10-15(9-13)11-23-7-6-16-17(12-23)21-19(20(3,4)5)22-18(16)24/h8-10H,6-7,11-12H2,1-5H3,(H,21,22,24). The number of nitrogens with zero attached hydrogens (tertiary/aromatic N) is 2. The zero-order chi connectivity index (χ0) is 17.5. The van der Waals surface area contributed by atoms with Crippen LogP contribution in [0.1, 0.15) is 54.5 Å². The van der Waals surface area contributed by atoms with Crippen molar-refractivity contribution in [2.75, 3.05) is 6.54 Å². The Kier molecular flexibility index (Phi) is 4.35. The van der Waals surface area contributed by atoms with Crippen molar-refractivity contribution in [2.45, 2.75) is 59.5 Å². The molecule has 2 heterocycles. The zero-order valence-electron chi connectivity index (χ0n) is 15.4. The highest BCUT2D eigenvalue weighted by Gasteiger charge is 2.24. The maximum absolute atomic E-state index is 12.4. The summed E-state index contributed by atoms with van der Waals surface area (Å²) in [6, 6.07) is 6.69. The Bertz CT molecular complexity index is 794. The molecule has 0 unspecified atom stereocenters. The van der Waals surface area contributed by atoms with E-state index in [2.05, 4.69) is 62.7 Å². The van der Waals surface area contributed by atoms with Gasteiger partial charge in [0, 0.05) is 30.6 Å². The van der Waals surface area contributed by atoms with Crippen LogP contribution < -0.4 is 5.56 Å². The third-order valence-electron chi connectivity index (χ3n) is 4.55. The minimum absolute atomic E-state index is 0.0379. The van der Waals surface area contributed by atoms with Crippen molar-refractivity contribution in [1.82, 2.24) is 14.9 Å². The largest absolute Gasteiger partial charge is 0.310 e. The van der Waals surface area contributed by atoms with Crippen LogP contribution in [0.3, 0.4) is 0 Å². The molecule has 0 spiro atoms. The quantitative estimate of drug-likeness (QED) is 0.922. The summed E-state index contributed by atoms with van der Waals surface area (Å²) in [6.45, 7) is 13.1. The third-order valence-corrected chi connectivity index (χ3v) is 4.55. The van der Waals surface area contributed by atoms with Gasteiger partial charge < -0.3 is 4.98 Å². The highest BCUT2D eigenvalue weighted by atomic mass is 16.1. The number of fused-ring (bicyclic) bond motifs is 1. The second-order valence-corrected chi connectivity index (χ2v) is 8.05. The van der Waals surface area contributed by atoms with Crippen LogP contribution in [0.2, 0.25) is 0 Å². The second-order valence-electron chi connectivity index (χ2n) is 8.05. The first-order chi connectivity index (χ1) is 11.2. The van der Waals surface area contributed by atoms with Crippen molar-refractivity contribution < 1.29 is 0 Å². The van der Waals surface area contributed by atoms with Crippen LogP contribution in [0.25, 0.3) is 0 Å². The van der Waals surface area contributed by atoms with Gasteiger partial charge in [0.2, 0.25) is 0 Å². The summed E-state index contributed by atoms with van der Waals surface area (Å²) in [6.07, 6.45) is 0.771. The fraction of sp³-hybridized carbons (Fsp3) is 0.500. The SMILES string of the molecule is Cc1cc(C)cc(CN2CCc3c(nc(C(C)(C)C)[nH]c3=O)C2)c1. The molecule has 0 bridgehead atoms. The molecular formula is C20H27N3O. The highest BCUT2D eigenvalue weighted by Crippen LogP contribution is 2.22. The van der Waals surface area contributed by atoms with E-state index in [-0.39, 0.29) is 11.0 Å². The third kappa shape index (κ3) is 3.59. The number of aromatic amines is 1. The number of hydrogen-bond donors (Lipinski definition) is 1. The van der Waals surface area contributed by atoms with Gasteiger partial charge in [-0.1, -0.05) is 50.1 Å². The Labute approximate surface area is 143 Å². The summed E-state index contributed by atoms with van der Waals surface area (Å²) >= 11 is 0. The molecule has 0 aliphatic carbocycles. The number of aryl methyl sites for hydroxylation is 2. The van der Waals surface area contributed by atoms with Gasteiger partial charge in [-0.05, 0) is 25.8 Å². The van der Waals surface area contributed by atoms with Crippen molar-refractivity contribution in [3.63, 3.8) is 0 Å². The molecule has 1 N–H and O–H groups in total. The molecule has 128 valence electrons. The van der Waals surface area contributed by atoms with E-state index in [1.54, 1.807) is 0 Å². The monoisotopic (exact) mass is 325 g/mol. The van der Waals surface area contributed by atoms with E-state index >= 15 is 0 Å². The molecule has 0 saturated carbocycles. The zero-order valence-corrected chi connectivity index (χ0v) is 15.4. The van der Waals surface area contributed by atoms with Crippen LogP contribution in [0.4, 0.5) is 0 Å². The van der Waals surface area contributed by atoms with Crippen LogP contribution in [0.15, 0.2) is 23.0 Å². The van der Waals surface area contributed by atoms with E-state index < -0.39 is 0 Å². The van der Waals surface area contributed by atoms with Crippen molar-refractivity contribution in [3.05, 3.63) is 62.3 Å². The van der Waals surface area contributed by atoms with Crippen LogP contribution in [0.5, 0.6) is 0 Å². The first-order valence-electron chi connectivity index (χ1n) is 8.64. The average molecular weight is 325 g/mol. The predicted octanol–water partition coefficient (Wildman–Crippen LogP) is 3.24. The Morgan fingerprint density at radius 1 is 1.17 bits per heavy atom. The van der Waals surface area contributed by atoms with E-state index in [1.807, 2.05) is 0 Å². The van der Waals surface area contributed by atoms with E-state index in [0.717, 1.165) is 43.1 Å². The Hall–Kier alpha value is -1.94. The van der Waals surface area contributed by atoms with Gasteiger partial charge in [0.25, 0.3) is 5.56 Å². The lowest BCUT2D eigenvalue weighted by Crippen LogP contribution is -2.36. The van der Waals surface area contributed by atoms with Gasteiger partial charge in [-0.2, -0.15) is 0 Å². The molecule has 1 aliphatic rings. The number of aromatic nitrogens is 2. The molecule has 4 nitrogen and oxygen atoms in total. The maximum Gasteiger partial charge on any atom is 0.254 e. The lowest BCUT2D eigenvalue weighted by Gasteiger charge is -2.29. The van der Waals surface area contributed by atoms with E-state index in [9.17, 15) is 4.79 Å². The summed E-state index contributed by atoms with van der Waals surface area (Å²) in [4.78, 5) is 22.5. The van der Waals surface area contributed by atoms with E-state index in [0.29, 0.717) is 0 Å². The molecule has 0 atom stereocenters. The first-order valence-corrected chi connectivity index (χ1v) is 8.64. The molecular weight excluding hydrogens is 298 g/mol. The summed E-state index contributed by atoms with van der Waals surface area (Å²) in [7, 11) is 0. The molecule has 3 rings (SSSR count). The summed E-state index contributed by atoms with van der Waals surface area (Å²) in [5, 5.41) is 0. The van der Waals surface area contributed by atoms with Gasteiger partial charge >= 0.3 is 0 Å². The second kappa shape index (κ2) is 6.17. The van der Waals surface area contributed by atoms with Crippen LogP contribution >= 0.6 is 0 Å². The number of hydrogen-bond acceptors (Lipinski definition) is 3. The first kappa shape index (κ1) is 16.9. The number of benzene rings is 1. The molecule has 0 amide bonds. The Balaban J connectivity index is 1.85. The number of H-pyrrole nitrogens is 1. The van der Waals surface area contributed by atoms with Gasteiger partial charge in [0.05, 0.1) is 5.69 Å². The lowest BCUT2D eigenvalue weighted by atomic mass is 9.95. The summed E-state index contributed by atoms with van der Waals surface area (Å²) < 4.78 is 0. The molecule has 1 aromatic carbocycles. The summed E-state index contributed by atoms with van der Waals surface area (Å²) in [5.74, 6) is 0.777. The smallest absolute Gasteiger partial charge is 0.254 e. The highest BCUT2D eigenvalue weighted by molar-refractivity contribution is 5.29. The Morgan fingerprint density at radius 2 is 1.83 bits per heavy atom. The average Bonchev–Trinajstić information content (AvgIpc) is 2.44. The molecule has 24 heavy (non-hydrogen) atoms. The molecule has 0 saturated heterocycles. The Morgan fingerprint density at radius 3 is 2.46 bits per heavy atom. The molecule has 1 aliphatic heterocycles. The minimum atomic E-state index is -0.149. The van der Waals surface area contributed by atoms with Gasteiger partial charge in [0.1, 0.15) is 5.82 Å². The fourth-order valence-electron chi connectivity index (χ4n) is 3.40. The molecule has 1 aromatic heterocycles. The lowest BCUT2D eigenvalue weighted by molar-refractivity contribution is 0.239. The summed E-state index contributed by atoms with van der Waals surface area (Å²) in [5.41, 5.74) is 5.62. The number of nitrogens with one attached hydrogen (secondary N) is 1. The fourth-order valence-corrected chi connectivity index (χ4v) is 3.40. The predicted molar refractivity (Wildman–Crippen MR) is 97.3 cm³/mol. The number of rotatable bonds is 2. The van der Waals surface area contributed by atoms with Gasteiger partial charge in [-0.3, -0.25) is 9.69 Å². The van der Waals surface area contributed by atoms with E-state index in [4.69, 9.17) is 4.98 Å². The van der Waals surface area contributed by atoms with Crippen LogP contribution in [-0.4, -0.2) is 21.4 Å². The minimum Gasteiger partial charge on any atom is -0.310 e. The van der Waals surface area contributed by atoms with Crippen LogP contribution in [-0.2, 0) is 24.9 Å². The van der Waals surface area contributed by atoms with Crippen molar-refractivity contribution in [2.24, 2.45) is 0 Å². The van der Waals surface area contributed by atoms with Gasteiger partial charge in [-0.15, -0.1) is 0 Å². The van der Waals surface area contributed by atoms with Gasteiger partial charge in [0.15, 0.2) is 0 Å². The molecule has 2 aromatic rings. The van der Waals surface area contributed by atoms with Crippen molar-refractivity contribution >= 4 is 0 Å². The normalized spacial score (nSPS) is 15.4. The molecule has 0 radical (unpaired) electrons. The molecule has 4 heteroatoms. The maximum atomic E-state index is 12.4. The topological polar surface area (TPSA) is 49.0 Å². The van der Waals surface area contributed by atoms with Crippen LogP contribution in [0, 0.1) is 13.8 Å².